The van der Waals surface area contributed by atoms with Crippen LogP contribution < -0.4 is 4.90 Å². The topological polar surface area (TPSA) is 74.7 Å². The van der Waals surface area contributed by atoms with E-state index in [4.69, 9.17) is 5.11 Å². The minimum absolute atomic E-state index is 0.0673. The zero-order valence-corrected chi connectivity index (χ0v) is 9.76. The number of carbonyl (C=O) groups is 3. The van der Waals surface area contributed by atoms with Gasteiger partial charge in [-0.1, -0.05) is 12.1 Å². The molecule has 0 spiro atoms. The Morgan fingerprint density at radius 2 is 1.67 bits per heavy atom. The van der Waals surface area contributed by atoms with E-state index in [0.717, 1.165) is 0 Å². The summed E-state index contributed by atoms with van der Waals surface area (Å²) in [6.45, 7) is 0. The van der Waals surface area contributed by atoms with Crippen molar-refractivity contribution < 1.29 is 19.5 Å². The van der Waals surface area contributed by atoms with E-state index in [1.807, 2.05) is 0 Å². The van der Waals surface area contributed by atoms with Gasteiger partial charge in [0.05, 0.1) is 12.1 Å². The summed E-state index contributed by atoms with van der Waals surface area (Å²) in [4.78, 5) is 35.1. The molecule has 1 aromatic rings. The second kappa shape index (κ2) is 5.00. The molecular weight excluding hydrogens is 234 g/mol. The fraction of sp³-hybridized carbons (Fsp3) is 0.308. The fourth-order valence-electron chi connectivity index (χ4n) is 1.98. The summed E-state index contributed by atoms with van der Waals surface area (Å²) in [5.41, 5.74) is 1.15. The van der Waals surface area contributed by atoms with Gasteiger partial charge in [0.25, 0.3) is 0 Å². The van der Waals surface area contributed by atoms with Crippen molar-refractivity contribution >= 4 is 23.5 Å². The van der Waals surface area contributed by atoms with E-state index in [1.165, 1.54) is 4.90 Å². The molecular formula is C13H13NO4. The summed E-state index contributed by atoms with van der Waals surface area (Å²) in [7, 11) is 0. The highest BCUT2D eigenvalue weighted by molar-refractivity contribution is 6.16. The minimum Gasteiger partial charge on any atom is -0.481 e. The molecule has 5 heteroatoms. The highest BCUT2D eigenvalue weighted by atomic mass is 16.4. The normalized spacial score (nSPS) is 15.9. The van der Waals surface area contributed by atoms with Crippen LogP contribution in [0.2, 0.25) is 0 Å². The first kappa shape index (κ1) is 12.3. The molecule has 0 unspecified atom stereocenters. The number of piperidine rings is 1. The van der Waals surface area contributed by atoms with Crippen LogP contribution in [0.25, 0.3) is 0 Å². The second-order valence-corrected chi connectivity index (χ2v) is 4.21. The smallest absolute Gasteiger partial charge is 0.307 e. The number of carboxylic acids is 1. The number of hydrogen-bond donors (Lipinski definition) is 1. The lowest BCUT2D eigenvalue weighted by molar-refractivity contribution is -0.136. The van der Waals surface area contributed by atoms with Gasteiger partial charge in [-0.2, -0.15) is 0 Å². The number of hydrogen-bond acceptors (Lipinski definition) is 3. The van der Waals surface area contributed by atoms with E-state index < -0.39 is 5.97 Å². The maximum atomic E-state index is 11.7. The number of aliphatic carboxylic acids is 1. The van der Waals surface area contributed by atoms with E-state index in [9.17, 15) is 14.4 Å². The second-order valence-electron chi connectivity index (χ2n) is 4.21. The summed E-state index contributed by atoms with van der Waals surface area (Å²) in [5.74, 6) is -1.30. The summed E-state index contributed by atoms with van der Waals surface area (Å²) in [6.07, 6.45) is 1.29. The van der Waals surface area contributed by atoms with E-state index in [0.29, 0.717) is 30.5 Å². The van der Waals surface area contributed by atoms with Gasteiger partial charge in [0.2, 0.25) is 11.8 Å². The Morgan fingerprint density at radius 1 is 1.11 bits per heavy atom. The van der Waals surface area contributed by atoms with Crippen LogP contribution in [0.4, 0.5) is 5.69 Å². The van der Waals surface area contributed by atoms with Crippen LogP contribution in [0.3, 0.4) is 0 Å². The van der Waals surface area contributed by atoms with Gasteiger partial charge >= 0.3 is 5.97 Å². The number of benzene rings is 1. The first-order chi connectivity index (χ1) is 8.58. The molecule has 1 heterocycles. The SMILES string of the molecule is O=C(O)Cc1ccc(N2C(=O)CCCC2=O)cc1. The van der Waals surface area contributed by atoms with Gasteiger partial charge in [-0.05, 0) is 24.1 Å². The largest absolute Gasteiger partial charge is 0.481 e. The number of rotatable bonds is 3. The van der Waals surface area contributed by atoms with E-state index in [2.05, 4.69) is 0 Å². The number of imide groups is 1. The average Bonchev–Trinajstić information content (AvgIpc) is 2.30. The van der Waals surface area contributed by atoms with Gasteiger partial charge in [0, 0.05) is 12.8 Å². The molecule has 1 N–H and O–H groups in total. The standard InChI is InChI=1S/C13H13NO4/c15-11-2-1-3-12(16)14(11)10-6-4-9(5-7-10)8-13(17)18/h4-7H,1-3,8H2,(H,17,18). The summed E-state index contributed by atoms with van der Waals surface area (Å²) in [6, 6.07) is 6.47. The summed E-state index contributed by atoms with van der Waals surface area (Å²) in [5, 5.41) is 8.65. The van der Waals surface area contributed by atoms with Crippen molar-refractivity contribution in [3.63, 3.8) is 0 Å². The van der Waals surface area contributed by atoms with Crippen molar-refractivity contribution in [1.29, 1.82) is 0 Å². The zero-order chi connectivity index (χ0) is 13.1. The van der Waals surface area contributed by atoms with E-state index in [1.54, 1.807) is 24.3 Å². The highest BCUT2D eigenvalue weighted by Crippen LogP contribution is 2.22. The molecule has 1 aliphatic rings. The van der Waals surface area contributed by atoms with E-state index in [-0.39, 0.29) is 18.2 Å². The monoisotopic (exact) mass is 247 g/mol. The maximum Gasteiger partial charge on any atom is 0.307 e. The fourth-order valence-corrected chi connectivity index (χ4v) is 1.98. The van der Waals surface area contributed by atoms with Gasteiger partial charge in [0.15, 0.2) is 0 Å². The predicted molar refractivity (Wildman–Crippen MR) is 64.1 cm³/mol. The Bertz CT molecular complexity index is 476. The third kappa shape index (κ3) is 2.56. The summed E-state index contributed by atoms with van der Waals surface area (Å²) >= 11 is 0. The number of carbonyl (C=O) groups excluding carboxylic acids is 2. The quantitative estimate of drug-likeness (QED) is 0.818. The van der Waals surface area contributed by atoms with Crippen molar-refractivity contribution in [2.75, 3.05) is 4.90 Å². The average molecular weight is 247 g/mol. The lowest BCUT2D eigenvalue weighted by atomic mass is 10.1. The zero-order valence-electron chi connectivity index (χ0n) is 9.76. The first-order valence-electron chi connectivity index (χ1n) is 5.74. The predicted octanol–water partition coefficient (Wildman–Crippen LogP) is 1.36. The molecule has 18 heavy (non-hydrogen) atoms. The number of nitrogens with zero attached hydrogens (tertiary/aromatic N) is 1. The summed E-state index contributed by atoms with van der Waals surface area (Å²) < 4.78 is 0. The molecule has 0 saturated carbocycles. The molecule has 1 aliphatic heterocycles. The Balaban J connectivity index is 2.20. The third-order valence-corrected chi connectivity index (χ3v) is 2.83. The Kier molecular flexibility index (Phi) is 3.41. The van der Waals surface area contributed by atoms with Crippen molar-refractivity contribution in [2.45, 2.75) is 25.7 Å². The highest BCUT2D eigenvalue weighted by Gasteiger charge is 2.27. The lowest BCUT2D eigenvalue weighted by Crippen LogP contribution is -2.40. The van der Waals surface area contributed by atoms with Gasteiger partial charge in [-0.15, -0.1) is 0 Å². The minimum atomic E-state index is -0.909. The van der Waals surface area contributed by atoms with Crippen LogP contribution in [0.5, 0.6) is 0 Å². The van der Waals surface area contributed by atoms with Crippen LogP contribution in [0, 0.1) is 0 Å². The Morgan fingerprint density at radius 3 is 2.17 bits per heavy atom. The van der Waals surface area contributed by atoms with Gasteiger partial charge in [-0.25, -0.2) is 0 Å². The van der Waals surface area contributed by atoms with Crippen LogP contribution >= 0.6 is 0 Å². The van der Waals surface area contributed by atoms with Gasteiger partial charge < -0.3 is 5.11 Å². The van der Waals surface area contributed by atoms with Crippen molar-refractivity contribution in [2.24, 2.45) is 0 Å². The molecule has 94 valence electrons. The van der Waals surface area contributed by atoms with Crippen molar-refractivity contribution in [3.05, 3.63) is 29.8 Å². The lowest BCUT2D eigenvalue weighted by Gasteiger charge is -2.24. The van der Waals surface area contributed by atoms with Crippen LogP contribution in [-0.4, -0.2) is 22.9 Å². The molecule has 1 saturated heterocycles. The number of anilines is 1. The molecule has 2 rings (SSSR count). The molecule has 1 aromatic carbocycles. The maximum absolute atomic E-state index is 11.7. The number of amides is 2. The molecule has 1 fully saturated rings. The van der Waals surface area contributed by atoms with Crippen LogP contribution in [0.1, 0.15) is 24.8 Å². The molecule has 0 bridgehead atoms. The third-order valence-electron chi connectivity index (χ3n) is 2.83. The Hall–Kier alpha value is -2.17. The molecule has 0 atom stereocenters. The van der Waals surface area contributed by atoms with Crippen molar-refractivity contribution in [1.82, 2.24) is 0 Å². The molecule has 5 nitrogen and oxygen atoms in total. The molecule has 0 aromatic heterocycles. The first-order valence-corrected chi connectivity index (χ1v) is 5.74. The van der Waals surface area contributed by atoms with E-state index >= 15 is 0 Å². The molecule has 0 aliphatic carbocycles. The van der Waals surface area contributed by atoms with Gasteiger partial charge in [0.1, 0.15) is 0 Å². The van der Waals surface area contributed by atoms with Crippen LogP contribution in [-0.2, 0) is 20.8 Å². The Labute approximate surface area is 104 Å². The number of carboxylic acid groups (broad SMARTS) is 1. The van der Waals surface area contributed by atoms with Crippen LogP contribution in [0.15, 0.2) is 24.3 Å². The van der Waals surface area contributed by atoms with Gasteiger partial charge in [-0.3, -0.25) is 19.3 Å². The van der Waals surface area contributed by atoms with Crippen molar-refractivity contribution in [3.8, 4) is 0 Å². The molecule has 0 radical (unpaired) electrons. The molecule has 2 amide bonds.